The molecule has 0 aliphatic rings. The van der Waals surface area contributed by atoms with Crippen LogP contribution in [0.4, 0.5) is 5.82 Å². The monoisotopic (exact) mass is 262 g/mol. The van der Waals surface area contributed by atoms with Crippen molar-refractivity contribution in [1.29, 1.82) is 0 Å². The second-order valence-corrected chi connectivity index (χ2v) is 4.81. The highest BCUT2D eigenvalue weighted by atomic mass is 32.1. The molecule has 2 aromatic heterocycles. The maximum atomic E-state index is 12.0. The molecular formula is C12H14N4OS. The van der Waals surface area contributed by atoms with E-state index in [1.165, 1.54) is 11.3 Å². The van der Waals surface area contributed by atoms with E-state index in [4.69, 9.17) is 5.73 Å². The number of hydrogen-bond donors (Lipinski definition) is 2. The lowest BCUT2D eigenvalue weighted by atomic mass is 10.3. The fourth-order valence-corrected chi connectivity index (χ4v) is 2.48. The molecule has 2 aromatic rings. The van der Waals surface area contributed by atoms with Gasteiger partial charge in [-0.25, -0.2) is 9.97 Å². The van der Waals surface area contributed by atoms with Crippen molar-refractivity contribution in [1.82, 2.24) is 9.97 Å². The second kappa shape index (κ2) is 5.70. The Hall–Kier alpha value is -1.79. The fraction of sp³-hybridized carbons (Fsp3) is 0.250. The van der Waals surface area contributed by atoms with Gasteiger partial charge in [0.15, 0.2) is 0 Å². The highest BCUT2D eigenvalue weighted by Crippen LogP contribution is 2.19. The predicted octanol–water partition coefficient (Wildman–Crippen LogP) is 1.60. The first-order valence-corrected chi connectivity index (χ1v) is 6.41. The van der Waals surface area contributed by atoms with Gasteiger partial charge < -0.3 is 11.1 Å². The Morgan fingerprint density at radius 3 is 3.00 bits per heavy atom. The molecule has 0 aliphatic carbocycles. The average Bonchev–Trinajstić information content (AvgIpc) is 2.72. The molecule has 0 saturated heterocycles. The zero-order chi connectivity index (χ0) is 13.0. The summed E-state index contributed by atoms with van der Waals surface area (Å²) in [6, 6.07) is 5.37. The van der Waals surface area contributed by atoms with E-state index in [0.717, 1.165) is 10.7 Å². The van der Waals surface area contributed by atoms with Crippen molar-refractivity contribution < 1.29 is 4.79 Å². The van der Waals surface area contributed by atoms with E-state index in [-0.39, 0.29) is 5.91 Å². The van der Waals surface area contributed by atoms with Crippen LogP contribution in [0.1, 0.15) is 20.4 Å². The highest BCUT2D eigenvalue weighted by molar-refractivity contribution is 7.13. The SMILES string of the molecule is Cc1nc(CCN)sc1C(=O)Nc1ccccn1. The van der Waals surface area contributed by atoms with Gasteiger partial charge in [0.1, 0.15) is 10.7 Å². The van der Waals surface area contributed by atoms with Crippen molar-refractivity contribution in [2.24, 2.45) is 5.73 Å². The third kappa shape index (κ3) is 2.91. The van der Waals surface area contributed by atoms with Gasteiger partial charge in [-0.2, -0.15) is 0 Å². The van der Waals surface area contributed by atoms with E-state index in [2.05, 4.69) is 15.3 Å². The minimum atomic E-state index is -0.174. The Kier molecular flexibility index (Phi) is 4.01. The van der Waals surface area contributed by atoms with Crippen molar-refractivity contribution in [2.45, 2.75) is 13.3 Å². The van der Waals surface area contributed by atoms with Gasteiger partial charge in [0.2, 0.25) is 0 Å². The van der Waals surface area contributed by atoms with Crippen LogP contribution in [0.3, 0.4) is 0 Å². The van der Waals surface area contributed by atoms with Gasteiger partial charge in [-0.05, 0) is 25.6 Å². The minimum Gasteiger partial charge on any atom is -0.330 e. The molecule has 18 heavy (non-hydrogen) atoms. The molecule has 0 aromatic carbocycles. The van der Waals surface area contributed by atoms with E-state index < -0.39 is 0 Å². The standard InChI is InChI=1S/C12H14N4OS/c1-8-11(18-10(15-8)5-6-13)12(17)16-9-4-2-3-7-14-9/h2-4,7H,5-6,13H2,1H3,(H,14,16,17). The van der Waals surface area contributed by atoms with E-state index in [9.17, 15) is 4.79 Å². The summed E-state index contributed by atoms with van der Waals surface area (Å²) in [6.07, 6.45) is 2.33. The topological polar surface area (TPSA) is 80.9 Å². The lowest BCUT2D eigenvalue weighted by molar-refractivity contribution is 0.102. The first-order valence-electron chi connectivity index (χ1n) is 5.59. The Labute approximate surface area is 109 Å². The number of hydrogen-bond acceptors (Lipinski definition) is 5. The Morgan fingerprint density at radius 2 is 2.33 bits per heavy atom. The number of carbonyl (C=O) groups excluding carboxylic acids is 1. The lowest BCUT2D eigenvalue weighted by Gasteiger charge is -2.01. The van der Waals surface area contributed by atoms with Crippen LogP contribution in [0.5, 0.6) is 0 Å². The Bertz CT molecular complexity index is 538. The molecule has 0 atom stereocenters. The molecule has 6 heteroatoms. The third-order valence-electron chi connectivity index (χ3n) is 2.31. The zero-order valence-corrected chi connectivity index (χ0v) is 10.8. The summed E-state index contributed by atoms with van der Waals surface area (Å²) in [6.45, 7) is 2.36. The molecule has 5 nitrogen and oxygen atoms in total. The maximum absolute atomic E-state index is 12.0. The van der Waals surface area contributed by atoms with Crippen LogP contribution in [0.2, 0.25) is 0 Å². The maximum Gasteiger partial charge on any atom is 0.268 e. The third-order valence-corrected chi connectivity index (χ3v) is 3.53. The lowest BCUT2D eigenvalue weighted by Crippen LogP contribution is -2.12. The molecule has 2 heterocycles. The molecule has 0 radical (unpaired) electrons. The number of nitrogens with two attached hydrogens (primary N) is 1. The molecule has 0 bridgehead atoms. The summed E-state index contributed by atoms with van der Waals surface area (Å²) in [4.78, 5) is 21.0. The highest BCUT2D eigenvalue weighted by Gasteiger charge is 2.15. The van der Waals surface area contributed by atoms with Crippen LogP contribution >= 0.6 is 11.3 Å². The molecular weight excluding hydrogens is 248 g/mol. The number of aryl methyl sites for hydroxylation is 1. The van der Waals surface area contributed by atoms with Crippen LogP contribution in [-0.2, 0) is 6.42 Å². The number of nitrogens with one attached hydrogen (secondary N) is 1. The van der Waals surface area contributed by atoms with Gasteiger partial charge in [0.25, 0.3) is 5.91 Å². The van der Waals surface area contributed by atoms with E-state index in [1.807, 2.05) is 13.0 Å². The Balaban J connectivity index is 2.14. The fourth-order valence-electron chi connectivity index (χ4n) is 1.50. The van der Waals surface area contributed by atoms with Gasteiger partial charge >= 0.3 is 0 Å². The second-order valence-electron chi connectivity index (χ2n) is 3.73. The first kappa shape index (κ1) is 12.7. The van der Waals surface area contributed by atoms with Gasteiger partial charge in [-0.15, -0.1) is 11.3 Å². The largest absolute Gasteiger partial charge is 0.330 e. The van der Waals surface area contributed by atoms with E-state index in [1.54, 1.807) is 18.3 Å². The number of amides is 1. The number of carbonyl (C=O) groups is 1. The van der Waals surface area contributed by atoms with E-state index in [0.29, 0.717) is 23.7 Å². The molecule has 0 aliphatic heterocycles. The van der Waals surface area contributed by atoms with Crippen molar-refractivity contribution >= 4 is 23.1 Å². The van der Waals surface area contributed by atoms with Crippen LogP contribution in [0, 0.1) is 6.92 Å². The number of nitrogens with zero attached hydrogens (tertiary/aromatic N) is 2. The number of rotatable bonds is 4. The van der Waals surface area contributed by atoms with Crippen molar-refractivity contribution in [3.05, 3.63) is 40.0 Å². The van der Waals surface area contributed by atoms with Crippen molar-refractivity contribution in [2.75, 3.05) is 11.9 Å². The number of anilines is 1. The average molecular weight is 262 g/mol. The quantitative estimate of drug-likeness (QED) is 0.877. The molecule has 2 rings (SSSR count). The molecule has 3 N–H and O–H groups in total. The molecule has 0 fully saturated rings. The smallest absolute Gasteiger partial charge is 0.268 e. The van der Waals surface area contributed by atoms with Crippen molar-refractivity contribution in [3.63, 3.8) is 0 Å². The van der Waals surface area contributed by atoms with Gasteiger partial charge in [-0.1, -0.05) is 6.07 Å². The van der Waals surface area contributed by atoms with Crippen LogP contribution < -0.4 is 11.1 Å². The minimum absolute atomic E-state index is 0.174. The van der Waals surface area contributed by atoms with Gasteiger partial charge in [0.05, 0.1) is 10.7 Å². The first-order chi connectivity index (χ1) is 8.70. The summed E-state index contributed by atoms with van der Waals surface area (Å²) in [5.74, 6) is 0.364. The summed E-state index contributed by atoms with van der Waals surface area (Å²) < 4.78 is 0. The summed E-state index contributed by atoms with van der Waals surface area (Å²) in [7, 11) is 0. The van der Waals surface area contributed by atoms with Crippen molar-refractivity contribution in [3.8, 4) is 0 Å². The summed E-state index contributed by atoms with van der Waals surface area (Å²) in [5, 5.41) is 3.63. The van der Waals surface area contributed by atoms with Gasteiger partial charge in [0, 0.05) is 12.6 Å². The molecule has 0 spiro atoms. The zero-order valence-electron chi connectivity index (χ0n) is 10.0. The van der Waals surface area contributed by atoms with Crippen LogP contribution in [-0.4, -0.2) is 22.4 Å². The normalized spacial score (nSPS) is 10.3. The summed E-state index contributed by atoms with van der Waals surface area (Å²) >= 11 is 1.38. The summed E-state index contributed by atoms with van der Waals surface area (Å²) in [5.41, 5.74) is 6.21. The molecule has 0 saturated carbocycles. The van der Waals surface area contributed by atoms with Gasteiger partial charge in [-0.3, -0.25) is 4.79 Å². The molecule has 0 unspecified atom stereocenters. The molecule has 94 valence electrons. The predicted molar refractivity (Wildman–Crippen MR) is 71.8 cm³/mol. The Morgan fingerprint density at radius 1 is 1.50 bits per heavy atom. The number of pyridine rings is 1. The molecule has 1 amide bonds. The number of aromatic nitrogens is 2. The van der Waals surface area contributed by atoms with Crippen LogP contribution in [0.15, 0.2) is 24.4 Å². The van der Waals surface area contributed by atoms with Crippen LogP contribution in [0.25, 0.3) is 0 Å². The van der Waals surface area contributed by atoms with E-state index >= 15 is 0 Å². The number of thiazole rings is 1.